The molecule has 2 amide bonds. The van der Waals surface area contributed by atoms with Gasteiger partial charge in [0.25, 0.3) is 5.91 Å². The standard InChI is InChI=1S/C34H65NO3/c1-3-5-7-9-11-13-15-16-17-18-19-21-22-24-26-28-30-32(36)34(38)35-33(37)31-29-27-25-23-20-14-12-10-8-6-4-2/h3-31H2,1-2H3,(H,35,37,38). The fraction of sp³-hybridized carbons (Fsp3) is 0.912. The van der Waals surface area contributed by atoms with E-state index in [0.717, 1.165) is 38.5 Å². The molecule has 0 aliphatic heterocycles. The predicted molar refractivity (Wildman–Crippen MR) is 163 cm³/mol. The van der Waals surface area contributed by atoms with Crippen LogP contribution in [0.3, 0.4) is 0 Å². The summed E-state index contributed by atoms with van der Waals surface area (Å²) in [5, 5.41) is 2.29. The van der Waals surface area contributed by atoms with Crippen molar-refractivity contribution in [2.75, 3.05) is 0 Å². The summed E-state index contributed by atoms with van der Waals surface area (Å²) < 4.78 is 0. The van der Waals surface area contributed by atoms with Gasteiger partial charge >= 0.3 is 0 Å². The van der Waals surface area contributed by atoms with Crippen LogP contribution in [-0.4, -0.2) is 17.6 Å². The third-order valence-corrected chi connectivity index (χ3v) is 7.77. The first-order chi connectivity index (χ1) is 18.6. The molecule has 0 aliphatic carbocycles. The summed E-state index contributed by atoms with van der Waals surface area (Å²) >= 11 is 0. The number of Topliss-reactive ketones (excluding diaryl/α,β-unsaturated/α-hetero) is 1. The van der Waals surface area contributed by atoms with Gasteiger partial charge in [0.15, 0.2) is 0 Å². The Morgan fingerprint density at radius 1 is 0.368 bits per heavy atom. The molecule has 0 aromatic carbocycles. The molecule has 0 unspecified atom stereocenters. The molecule has 0 saturated heterocycles. The van der Waals surface area contributed by atoms with Crippen molar-refractivity contribution in [1.82, 2.24) is 5.32 Å². The number of hydrogen-bond acceptors (Lipinski definition) is 3. The lowest BCUT2D eigenvalue weighted by Gasteiger charge is -2.05. The van der Waals surface area contributed by atoms with Crippen molar-refractivity contribution in [2.45, 2.75) is 200 Å². The molecule has 4 nitrogen and oxygen atoms in total. The van der Waals surface area contributed by atoms with Gasteiger partial charge in [-0.2, -0.15) is 0 Å². The number of rotatable bonds is 30. The highest BCUT2D eigenvalue weighted by Crippen LogP contribution is 2.14. The number of hydrogen-bond donors (Lipinski definition) is 1. The lowest BCUT2D eigenvalue weighted by Crippen LogP contribution is -2.35. The maximum atomic E-state index is 12.0. The van der Waals surface area contributed by atoms with Gasteiger partial charge < -0.3 is 0 Å². The number of nitrogens with one attached hydrogen (secondary N) is 1. The first-order valence-electron chi connectivity index (χ1n) is 17.0. The molecule has 0 fully saturated rings. The molecule has 0 aromatic heterocycles. The Labute approximate surface area is 237 Å². The first kappa shape index (κ1) is 36.8. The molecule has 0 radical (unpaired) electrons. The van der Waals surface area contributed by atoms with Crippen LogP contribution in [0, 0.1) is 0 Å². The average Bonchev–Trinajstić information content (AvgIpc) is 2.91. The Balaban J connectivity index is 3.42. The molecule has 0 bridgehead atoms. The summed E-state index contributed by atoms with van der Waals surface area (Å²) in [4.78, 5) is 35.9. The lowest BCUT2D eigenvalue weighted by atomic mass is 10.0. The summed E-state index contributed by atoms with van der Waals surface area (Å²) in [5.74, 6) is -1.45. The van der Waals surface area contributed by atoms with Gasteiger partial charge in [0.2, 0.25) is 11.7 Å². The van der Waals surface area contributed by atoms with Gasteiger partial charge in [-0.25, -0.2) is 0 Å². The minimum Gasteiger partial charge on any atom is -0.290 e. The second kappa shape index (κ2) is 30.4. The predicted octanol–water partition coefficient (Wildman–Crippen LogP) is 10.6. The van der Waals surface area contributed by atoms with Crippen LogP contribution in [0.25, 0.3) is 0 Å². The maximum absolute atomic E-state index is 12.0. The molecular formula is C34H65NO3. The molecule has 38 heavy (non-hydrogen) atoms. The smallest absolute Gasteiger partial charge is 0.290 e. The number of ketones is 1. The Bertz CT molecular complexity index is 546. The molecule has 4 heteroatoms. The second-order valence-corrected chi connectivity index (χ2v) is 11.6. The third kappa shape index (κ3) is 27.8. The number of unbranched alkanes of at least 4 members (excludes halogenated alkanes) is 25. The first-order valence-corrected chi connectivity index (χ1v) is 17.0. The van der Waals surface area contributed by atoms with Crippen LogP contribution in [0.1, 0.15) is 200 Å². The largest absolute Gasteiger partial charge is 0.293 e. The van der Waals surface area contributed by atoms with Gasteiger partial charge in [-0.05, 0) is 12.8 Å². The third-order valence-electron chi connectivity index (χ3n) is 7.77. The zero-order valence-electron chi connectivity index (χ0n) is 25.7. The number of carbonyl (C=O) groups excluding carboxylic acids is 3. The van der Waals surface area contributed by atoms with Crippen LogP contribution in [0.5, 0.6) is 0 Å². The number of carbonyl (C=O) groups is 3. The highest BCUT2D eigenvalue weighted by molar-refractivity contribution is 6.38. The van der Waals surface area contributed by atoms with Crippen molar-refractivity contribution in [2.24, 2.45) is 0 Å². The molecule has 0 aliphatic rings. The molecule has 0 atom stereocenters. The van der Waals surface area contributed by atoms with Crippen molar-refractivity contribution in [3.63, 3.8) is 0 Å². The zero-order valence-corrected chi connectivity index (χ0v) is 25.7. The number of imide groups is 1. The highest BCUT2D eigenvalue weighted by Gasteiger charge is 2.15. The van der Waals surface area contributed by atoms with Crippen LogP contribution in [0.4, 0.5) is 0 Å². The van der Waals surface area contributed by atoms with Crippen LogP contribution < -0.4 is 5.32 Å². The van der Waals surface area contributed by atoms with Gasteiger partial charge in [0.1, 0.15) is 0 Å². The maximum Gasteiger partial charge on any atom is 0.293 e. The molecule has 0 rings (SSSR count). The molecule has 224 valence electrons. The van der Waals surface area contributed by atoms with E-state index in [1.54, 1.807) is 0 Å². The monoisotopic (exact) mass is 535 g/mol. The minimum absolute atomic E-state index is 0.260. The Hall–Kier alpha value is -1.19. The molecular weight excluding hydrogens is 470 g/mol. The fourth-order valence-corrected chi connectivity index (χ4v) is 5.16. The van der Waals surface area contributed by atoms with Gasteiger partial charge in [-0.1, -0.05) is 174 Å². The minimum atomic E-state index is -0.709. The molecule has 0 heterocycles. The Morgan fingerprint density at radius 2 is 0.632 bits per heavy atom. The van der Waals surface area contributed by atoms with E-state index < -0.39 is 11.7 Å². The zero-order chi connectivity index (χ0) is 27.9. The van der Waals surface area contributed by atoms with E-state index in [4.69, 9.17) is 0 Å². The summed E-state index contributed by atoms with van der Waals surface area (Å²) in [5.41, 5.74) is 0. The molecule has 0 spiro atoms. The summed E-state index contributed by atoms with van der Waals surface area (Å²) in [6.07, 6.45) is 34.7. The van der Waals surface area contributed by atoms with Crippen LogP contribution in [-0.2, 0) is 14.4 Å². The normalized spacial score (nSPS) is 11.1. The molecule has 0 saturated carbocycles. The van der Waals surface area contributed by atoms with Crippen molar-refractivity contribution >= 4 is 17.6 Å². The van der Waals surface area contributed by atoms with Crippen molar-refractivity contribution in [1.29, 1.82) is 0 Å². The summed E-state index contributed by atoms with van der Waals surface area (Å²) in [6.45, 7) is 4.52. The van der Waals surface area contributed by atoms with Gasteiger partial charge in [0.05, 0.1) is 0 Å². The van der Waals surface area contributed by atoms with E-state index in [9.17, 15) is 14.4 Å². The van der Waals surface area contributed by atoms with E-state index in [1.165, 1.54) is 135 Å². The van der Waals surface area contributed by atoms with Crippen LogP contribution >= 0.6 is 0 Å². The van der Waals surface area contributed by atoms with Crippen molar-refractivity contribution < 1.29 is 14.4 Å². The van der Waals surface area contributed by atoms with Gasteiger partial charge in [-0.3, -0.25) is 19.7 Å². The van der Waals surface area contributed by atoms with Gasteiger partial charge in [-0.15, -0.1) is 0 Å². The second-order valence-electron chi connectivity index (χ2n) is 11.6. The SMILES string of the molecule is CCCCCCCCCCCCCCCCCCC(=O)C(=O)NC(=O)CCCCCCCCCCCCC. The number of amides is 2. The van der Waals surface area contributed by atoms with Gasteiger partial charge in [0, 0.05) is 12.8 Å². The van der Waals surface area contributed by atoms with Crippen molar-refractivity contribution in [3.8, 4) is 0 Å². The van der Waals surface area contributed by atoms with E-state index in [-0.39, 0.29) is 12.3 Å². The summed E-state index contributed by atoms with van der Waals surface area (Å²) in [7, 11) is 0. The van der Waals surface area contributed by atoms with E-state index in [2.05, 4.69) is 19.2 Å². The van der Waals surface area contributed by atoms with E-state index in [1.807, 2.05) is 0 Å². The van der Waals surface area contributed by atoms with E-state index >= 15 is 0 Å². The Kier molecular flexibility index (Phi) is 29.4. The van der Waals surface area contributed by atoms with Crippen LogP contribution in [0.2, 0.25) is 0 Å². The van der Waals surface area contributed by atoms with Crippen molar-refractivity contribution in [3.05, 3.63) is 0 Å². The molecule has 0 aromatic rings. The lowest BCUT2D eigenvalue weighted by molar-refractivity contribution is -0.141. The average molecular weight is 536 g/mol. The Morgan fingerprint density at radius 3 is 0.947 bits per heavy atom. The summed E-state index contributed by atoms with van der Waals surface area (Å²) in [6, 6.07) is 0. The fourth-order valence-electron chi connectivity index (χ4n) is 5.16. The highest BCUT2D eigenvalue weighted by atomic mass is 16.2. The van der Waals surface area contributed by atoms with Crippen LogP contribution in [0.15, 0.2) is 0 Å². The molecule has 1 N–H and O–H groups in total. The topological polar surface area (TPSA) is 63.2 Å². The van der Waals surface area contributed by atoms with E-state index in [0.29, 0.717) is 6.42 Å². The quantitative estimate of drug-likeness (QED) is 0.0734.